The Balaban J connectivity index is 2.76. The highest BCUT2D eigenvalue weighted by Crippen LogP contribution is 2.21. The molecular formula is C13H12N2O3. The molecule has 5 heteroatoms. The molecule has 18 heavy (non-hydrogen) atoms. The van der Waals surface area contributed by atoms with Gasteiger partial charge in [0.1, 0.15) is 5.56 Å². The molecule has 0 saturated heterocycles. The van der Waals surface area contributed by atoms with Crippen LogP contribution in [0.15, 0.2) is 35.3 Å². The Hall–Kier alpha value is -2.43. The van der Waals surface area contributed by atoms with Gasteiger partial charge < -0.3 is 5.11 Å². The van der Waals surface area contributed by atoms with E-state index in [1.807, 2.05) is 25.1 Å². The van der Waals surface area contributed by atoms with Crippen molar-refractivity contribution in [2.24, 2.45) is 7.05 Å². The van der Waals surface area contributed by atoms with Crippen molar-refractivity contribution in [1.82, 2.24) is 9.78 Å². The monoisotopic (exact) mass is 244 g/mol. The van der Waals surface area contributed by atoms with Gasteiger partial charge in [-0.05, 0) is 12.5 Å². The zero-order valence-corrected chi connectivity index (χ0v) is 10.0. The first-order chi connectivity index (χ1) is 8.50. The molecule has 0 saturated carbocycles. The van der Waals surface area contributed by atoms with Crippen molar-refractivity contribution in [2.75, 3.05) is 0 Å². The molecule has 0 aliphatic carbocycles. The molecule has 2 rings (SSSR count). The van der Waals surface area contributed by atoms with Crippen LogP contribution in [-0.4, -0.2) is 20.9 Å². The summed E-state index contributed by atoms with van der Waals surface area (Å²) in [4.78, 5) is 23.0. The fraction of sp³-hybridized carbons (Fsp3) is 0.154. The van der Waals surface area contributed by atoms with Crippen molar-refractivity contribution < 1.29 is 9.90 Å². The first-order valence-corrected chi connectivity index (χ1v) is 5.37. The molecule has 1 aromatic carbocycles. The maximum Gasteiger partial charge on any atom is 0.342 e. The number of benzene rings is 1. The number of carboxylic acids is 1. The lowest BCUT2D eigenvalue weighted by Crippen LogP contribution is -2.27. The predicted molar refractivity (Wildman–Crippen MR) is 66.6 cm³/mol. The number of aromatic carboxylic acids is 1. The van der Waals surface area contributed by atoms with Crippen LogP contribution in [0.4, 0.5) is 0 Å². The zero-order chi connectivity index (χ0) is 13.3. The highest BCUT2D eigenvalue weighted by atomic mass is 16.4. The number of aromatic nitrogens is 2. The lowest BCUT2D eigenvalue weighted by molar-refractivity contribution is 0.0694. The summed E-state index contributed by atoms with van der Waals surface area (Å²) in [5, 5.41) is 13.0. The van der Waals surface area contributed by atoms with E-state index in [9.17, 15) is 9.59 Å². The average Bonchev–Trinajstić information content (AvgIpc) is 2.32. The molecule has 1 aromatic heterocycles. The van der Waals surface area contributed by atoms with E-state index in [1.165, 1.54) is 13.2 Å². The second-order valence-electron chi connectivity index (χ2n) is 4.04. The van der Waals surface area contributed by atoms with Crippen molar-refractivity contribution in [2.45, 2.75) is 6.92 Å². The van der Waals surface area contributed by atoms with Crippen LogP contribution < -0.4 is 5.56 Å². The molecule has 1 heterocycles. The smallest absolute Gasteiger partial charge is 0.342 e. The lowest BCUT2D eigenvalue weighted by Gasteiger charge is -2.07. The summed E-state index contributed by atoms with van der Waals surface area (Å²) in [5.74, 6) is -1.24. The van der Waals surface area contributed by atoms with E-state index in [1.54, 1.807) is 6.07 Å². The van der Waals surface area contributed by atoms with Gasteiger partial charge in [0.25, 0.3) is 5.56 Å². The molecule has 0 radical (unpaired) electrons. The number of hydrogen-bond donors (Lipinski definition) is 1. The topological polar surface area (TPSA) is 72.2 Å². The van der Waals surface area contributed by atoms with E-state index < -0.39 is 11.5 Å². The first-order valence-electron chi connectivity index (χ1n) is 5.37. The normalized spacial score (nSPS) is 10.3. The van der Waals surface area contributed by atoms with E-state index >= 15 is 0 Å². The minimum atomic E-state index is -1.24. The maximum atomic E-state index is 11.8. The number of nitrogens with zero attached hydrogens (tertiary/aromatic N) is 2. The van der Waals surface area contributed by atoms with Crippen LogP contribution in [0.5, 0.6) is 0 Å². The van der Waals surface area contributed by atoms with Crippen molar-refractivity contribution in [3.8, 4) is 11.1 Å². The lowest BCUT2D eigenvalue weighted by atomic mass is 10.0. The molecule has 92 valence electrons. The molecule has 0 bridgehead atoms. The number of hydrogen-bond acceptors (Lipinski definition) is 3. The molecule has 0 amide bonds. The molecule has 0 atom stereocenters. The average molecular weight is 244 g/mol. The van der Waals surface area contributed by atoms with Crippen LogP contribution in [0.3, 0.4) is 0 Å². The summed E-state index contributed by atoms with van der Waals surface area (Å²) < 4.78 is 1.02. The molecule has 1 N–H and O–H groups in total. The minimum absolute atomic E-state index is 0.252. The molecule has 0 spiro atoms. The van der Waals surface area contributed by atoms with Gasteiger partial charge in [-0.3, -0.25) is 4.79 Å². The molecule has 0 unspecified atom stereocenters. The van der Waals surface area contributed by atoms with Crippen molar-refractivity contribution in [1.29, 1.82) is 0 Å². The summed E-state index contributed by atoms with van der Waals surface area (Å²) in [6.45, 7) is 1.90. The third kappa shape index (κ3) is 2.02. The van der Waals surface area contributed by atoms with E-state index in [4.69, 9.17) is 5.11 Å². The van der Waals surface area contributed by atoms with Crippen LogP contribution in [0.2, 0.25) is 0 Å². The first kappa shape index (κ1) is 12.0. The molecule has 0 aliphatic heterocycles. The number of carboxylic acid groups (broad SMARTS) is 1. The Kier molecular flexibility index (Phi) is 2.97. The van der Waals surface area contributed by atoms with Gasteiger partial charge in [0, 0.05) is 12.6 Å². The van der Waals surface area contributed by atoms with Gasteiger partial charge in [0.05, 0.1) is 6.20 Å². The predicted octanol–water partition coefficient (Wildman–Crippen LogP) is 1.45. The van der Waals surface area contributed by atoms with Gasteiger partial charge in [-0.25, -0.2) is 9.48 Å². The summed E-state index contributed by atoms with van der Waals surface area (Å²) in [6, 6.07) is 7.30. The standard InChI is InChI=1S/C13H12N2O3/c1-8-4-3-5-9(6-8)10-7-14-15(2)12(16)11(10)13(17)18/h3-7H,1-2H3,(H,17,18). The second kappa shape index (κ2) is 4.44. The van der Waals surface area contributed by atoms with Crippen LogP contribution in [-0.2, 0) is 7.05 Å². The number of rotatable bonds is 2. The van der Waals surface area contributed by atoms with E-state index in [0.717, 1.165) is 10.2 Å². The van der Waals surface area contributed by atoms with Gasteiger partial charge in [-0.2, -0.15) is 5.10 Å². The van der Waals surface area contributed by atoms with Crippen LogP contribution in [0.1, 0.15) is 15.9 Å². The van der Waals surface area contributed by atoms with Crippen molar-refractivity contribution in [3.05, 3.63) is 51.9 Å². The van der Waals surface area contributed by atoms with Gasteiger partial charge in [-0.1, -0.05) is 29.8 Å². The highest BCUT2D eigenvalue weighted by molar-refractivity contribution is 5.95. The Morgan fingerprint density at radius 1 is 1.39 bits per heavy atom. The molecule has 0 fully saturated rings. The van der Waals surface area contributed by atoms with Gasteiger partial charge >= 0.3 is 5.97 Å². The van der Waals surface area contributed by atoms with Crippen molar-refractivity contribution >= 4 is 5.97 Å². The minimum Gasteiger partial charge on any atom is -0.477 e. The fourth-order valence-corrected chi connectivity index (χ4v) is 1.78. The quantitative estimate of drug-likeness (QED) is 0.867. The van der Waals surface area contributed by atoms with E-state index in [0.29, 0.717) is 11.1 Å². The maximum absolute atomic E-state index is 11.8. The molecule has 5 nitrogen and oxygen atoms in total. The summed E-state index contributed by atoms with van der Waals surface area (Å²) in [6.07, 6.45) is 1.40. The van der Waals surface area contributed by atoms with E-state index in [2.05, 4.69) is 5.10 Å². The van der Waals surface area contributed by atoms with Crippen LogP contribution >= 0.6 is 0 Å². The molecule has 2 aromatic rings. The zero-order valence-electron chi connectivity index (χ0n) is 10.0. The van der Waals surface area contributed by atoms with Crippen LogP contribution in [0, 0.1) is 6.92 Å². The Bertz CT molecular complexity index is 674. The van der Waals surface area contributed by atoms with Gasteiger partial charge in [-0.15, -0.1) is 0 Å². The summed E-state index contributed by atoms with van der Waals surface area (Å²) >= 11 is 0. The summed E-state index contributed by atoms with van der Waals surface area (Å²) in [5.41, 5.74) is 1.15. The summed E-state index contributed by atoms with van der Waals surface area (Å²) in [7, 11) is 1.43. The Morgan fingerprint density at radius 2 is 2.11 bits per heavy atom. The third-order valence-electron chi connectivity index (χ3n) is 2.68. The largest absolute Gasteiger partial charge is 0.477 e. The van der Waals surface area contributed by atoms with Crippen molar-refractivity contribution in [3.63, 3.8) is 0 Å². The molecular weight excluding hydrogens is 232 g/mol. The van der Waals surface area contributed by atoms with Gasteiger partial charge in [0.15, 0.2) is 0 Å². The Labute approximate surface area is 103 Å². The van der Waals surface area contributed by atoms with Crippen LogP contribution in [0.25, 0.3) is 11.1 Å². The third-order valence-corrected chi connectivity index (χ3v) is 2.68. The number of carbonyl (C=O) groups is 1. The number of aryl methyl sites for hydroxylation is 2. The fourth-order valence-electron chi connectivity index (χ4n) is 1.78. The van der Waals surface area contributed by atoms with E-state index in [-0.39, 0.29) is 5.56 Å². The second-order valence-corrected chi connectivity index (χ2v) is 4.04. The SMILES string of the molecule is Cc1cccc(-c2cnn(C)c(=O)c2C(=O)O)c1. The Morgan fingerprint density at radius 3 is 2.72 bits per heavy atom. The molecule has 0 aliphatic rings. The highest BCUT2D eigenvalue weighted by Gasteiger charge is 2.18. The van der Waals surface area contributed by atoms with Gasteiger partial charge in [0.2, 0.25) is 0 Å².